The van der Waals surface area contributed by atoms with Gasteiger partial charge in [-0.3, -0.25) is 4.79 Å². The van der Waals surface area contributed by atoms with Crippen molar-refractivity contribution in [3.63, 3.8) is 0 Å². The number of hydrogen-bond acceptors (Lipinski definition) is 7. The quantitative estimate of drug-likeness (QED) is 0.457. The van der Waals surface area contributed by atoms with E-state index in [1.54, 1.807) is 16.5 Å². The monoisotopic (exact) mass is 424 g/mol. The number of rotatable bonds is 7. The number of carbonyl (C=O) groups excluding carboxylic acids is 1. The van der Waals surface area contributed by atoms with Gasteiger partial charge in [-0.05, 0) is 45.9 Å². The van der Waals surface area contributed by atoms with Crippen molar-refractivity contribution in [3.05, 3.63) is 47.3 Å². The van der Waals surface area contributed by atoms with Gasteiger partial charge in [-0.1, -0.05) is 29.5 Å². The van der Waals surface area contributed by atoms with E-state index in [0.29, 0.717) is 17.6 Å². The van der Waals surface area contributed by atoms with Crippen LogP contribution in [0.4, 0.5) is 5.69 Å². The van der Waals surface area contributed by atoms with Crippen LogP contribution in [0, 0.1) is 32.1 Å². The molecule has 156 valence electrons. The lowest BCUT2D eigenvalue weighted by atomic mass is 10.2. The van der Waals surface area contributed by atoms with Crippen LogP contribution < -0.4 is 10.7 Å². The predicted molar refractivity (Wildman–Crippen MR) is 116 cm³/mol. The molecule has 1 atom stereocenters. The van der Waals surface area contributed by atoms with E-state index in [2.05, 4.69) is 21.4 Å². The van der Waals surface area contributed by atoms with E-state index in [0.717, 1.165) is 22.6 Å². The van der Waals surface area contributed by atoms with Crippen molar-refractivity contribution in [1.29, 1.82) is 5.26 Å². The van der Waals surface area contributed by atoms with Crippen LogP contribution in [0.3, 0.4) is 0 Å². The summed E-state index contributed by atoms with van der Waals surface area (Å²) < 4.78 is 2.95. The molecular weight excluding hydrogens is 400 g/mol. The Kier molecular flexibility index (Phi) is 6.42. The van der Waals surface area contributed by atoms with E-state index >= 15 is 0 Å². The average molecular weight is 425 g/mol. The minimum atomic E-state index is -0.482. The molecule has 3 rings (SSSR count). The molecule has 0 bridgehead atoms. The molecule has 9 nitrogen and oxygen atoms in total. The Morgan fingerprint density at radius 3 is 2.57 bits per heavy atom. The summed E-state index contributed by atoms with van der Waals surface area (Å²) in [6.07, 6.45) is 0.242. The Morgan fingerprint density at radius 1 is 1.27 bits per heavy atom. The minimum absolute atomic E-state index is 0.130. The van der Waals surface area contributed by atoms with E-state index in [1.165, 1.54) is 16.4 Å². The number of carbonyl (C=O) groups is 1. The first-order valence-electron chi connectivity index (χ1n) is 9.47. The number of thioether (sulfide) groups is 1. The molecule has 0 aliphatic heterocycles. The molecule has 3 aromatic rings. The molecule has 2 aromatic heterocycles. The minimum Gasteiger partial charge on any atom is -0.334 e. The lowest BCUT2D eigenvalue weighted by Gasteiger charge is -2.24. The zero-order chi connectivity index (χ0) is 21.8. The largest absolute Gasteiger partial charge is 0.334 e. The zero-order valence-corrected chi connectivity index (χ0v) is 18.2. The Balaban J connectivity index is 1.81. The van der Waals surface area contributed by atoms with Crippen LogP contribution in [0.15, 0.2) is 35.5 Å². The first kappa shape index (κ1) is 21.4. The van der Waals surface area contributed by atoms with Crippen LogP contribution in [0.1, 0.15) is 30.3 Å². The van der Waals surface area contributed by atoms with Gasteiger partial charge in [0.25, 0.3) is 5.95 Å². The molecule has 2 heterocycles. The van der Waals surface area contributed by atoms with Gasteiger partial charge in [0.2, 0.25) is 11.1 Å². The van der Waals surface area contributed by atoms with E-state index < -0.39 is 5.25 Å². The maximum atomic E-state index is 13.2. The fourth-order valence-electron chi connectivity index (χ4n) is 3.01. The van der Waals surface area contributed by atoms with Gasteiger partial charge in [0.15, 0.2) is 0 Å². The Bertz CT molecular complexity index is 1080. The third-order valence-corrected chi connectivity index (χ3v) is 5.58. The van der Waals surface area contributed by atoms with Gasteiger partial charge in [0.05, 0.1) is 23.4 Å². The number of nitrogens with zero attached hydrogens (tertiary/aromatic N) is 7. The average Bonchev–Trinajstić information content (AvgIpc) is 3.24. The van der Waals surface area contributed by atoms with Crippen LogP contribution >= 0.6 is 11.8 Å². The Morgan fingerprint density at radius 2 is 1.97 bits per heavy atom. The molecule has 0 spiro atoms. The van der Waals surface area contributed by atoms with Crippen LogP contribution in [0.5, 0.6) is 0 Å². The number of nitrogen functional groups attached to an aromatic ring is 1. The summed E-state index contributed by atoms with van der Waals surface area (Å²) in [6.45, 7) is 7.88. The van der Waals surface area contributed by atoms with Crippen LogP contribution in [0.2, 0.25) is 0 Å². The molecule has 0 fully saturated rings. The van der Waals surface area contributed by atoms with Crippen molar-refractivity contribution in [2.24, 2.45) is 0 Å². The second-order valence-electron chi connectivity index (χ2n) is 6.99. The van der Waals surface area contributed by atoms with Crippen LogP contribution in [-0.2, 0) is 4.79 Å². The molecule has 1 amide bonds. The molecule has 10 heteroatoms. The highest BCUT2D eigenvalue weighted by Crippen LogP contribution is 2.26. The molecule has 0 saturated heterocycles. The number of aromatic nitrogens is 5. The lowest BCUT2D eigenvalue weighted by Crippen LogP contribution is -2.37. The number of aryl methyl sites for hydroxylation is 3. The molecular formula is C20H24N8OS. The van der Waals surface area contributed by atoms with Crippen molar-refractivity contribution in [2.45, 2.75) is 44.5 Å². The van der Waals surface area contributed by atoms with Crippen LogP contribution in [0.25, 0.3) is 5.95 Å². The SMILES string of the molecule is Cc1ccc(N(CCC#N)C(=O)C(C)Sc2nnc(-n3nc(C)cc3C)n2N)cc1. The van der Waals surface area contributed by atoms with Gasteiger partial charge >= 0.3 is 0 Å². The highest BCUT2D eigenvalue weighted by atomic mass is 32.2. The predicted octanol–water partition coefficient (Wildman–Crippen LogP) is 2.53. The molecule has 30 heavy (non-hydrogen) atoms. The van der Waals surface area contributed by atoms with Gasteiger partial charge in [-0.25, -0.2) is 9.36 Å². The van der Waals surface area contributed by atoms with E-state index in [4.69, 9.17) is 11.1 Å². The topological polar surface area (TPSA) is 119 Å². The van der Waals surface area contributed by atoms with Crippen molar-refractivity contribution in [1.82, 2.24) is 24.7 Å². The van der Waals surface area contributed by atoms with Gasteiger partial charge in [0.1, 0.15) is 0 Å². The van der Waals surface area contributed by atoms with Crippen LogP contribution in [-0.4, -0.2) is 42.4 Å². The molecule has 0 aliphatic rings. The maximum absolute atomic E-state index is 13.2. The van der Waals surface area contributed by atoms with E-state index in [-0.39, 0.29) is 12.3 Å². The van der Waals surface area contributed by atoms with Crippen molar-refractivity contribution in [2.75, 3.05) is 17.3 Å². The summed E-state index contributed by atoms with van der Waals surface area (Å²) >= 11 is 1.22. The molecule has 1 aromatic carbocycles. The fraction of sp³-hybridized carbons (Fsp3) is 0.350. The smallest absolute Gasteiger partial charge is 0.271 e. The van der Waals surface area contributed by atoms with E-state index in [1.807, 2.05) is 51.1 Å². The fourth-order valence-corrected chi connectivity index (χ4v) is 3.83. The van der Waals surface area contributed by atoms with E-state index in [9.17, 15) is 4.79 Å². The summed E-state index contributed by atoms with van der Waals surface area (Å²) in [4.78, 5) is 14.8. The van der Waals surface area contributed by atoms with Gasteiger partial charge in [0, 0.05) is 17.9 Å². The van der Waals surface area contributed by atoms with Gasteiger partial charge in [-0.15, -0.1) is 10.2 Å². The summed E-state index contributed by atoms with van der Waals surface area (Å²) in [6, 6.07) is 11.7. The first-order chi connectivity index (χ1) is 14.3. The molecule has 0 aliphatic carbocycles. The van der Waals surface area contributed by atoms with Gasteiger partial charge < -0.3 is 10.7 Å². The lowest BCUT2D eigenvalue weighted by molar-refractivity contribution is -0.117. The number of hydrogen-bond donors (Lipinski definition) is 1. The standard InChI is InChI=1S/C20H24N8OS/c1-13-6-8-17(9-7-13)26(11-5-10-21)18(29)16(4)30-20-24-23-19(27(20)22)28-15(3)12-14(2)25-28/h6-9,12,16H,5,11,22H2,1-4H3. The molecule has 1 unspecified atom stereocenters. The summed E-state index contributed by atoms with van der Waals surface area (Å²) in [5.41, 5.74) is 3.58. The maximum Gasteiger partial charge on any atom is 0.271 e. The summed E-state index contributed by atoms with van der Waals surface area (Å²) in [5, 5.41) is 21.6. The number of amides is 1. The molecule has 0 saturated carbocycles. The normalized spacial score (nSPS) is 11.8. The number of nitrogens with two attached hydrogens (primary N) is 1. The summed E-state index contributed by atoms with van der Waals surface area (Å²) in [7, 11) is 0. The zero-order valence-electron chi connectivity index (χ0n) is 17.4. The number of benzene rings is 1. The third-order valence-electron chi connectivity index (χ3n) is 4.53. The number of anilines is 1. The first-order valence-corrected chi connectivity index (χ1v) is 10.4. The second kappa shape index (κ2) is 9.00. The van der Waals surface area contributed by atoms with Gasteiger partial charge in [-0.2, -0.15) is 10.4 Å². The second-order valence-corrected chi connectivity index (χ2v) is 8.29. The third kappa shape index (κ3) is 4.46. The van der Waals surface area contributed by atoms with Crippen molar-refractivity contribution < 1.29 is 4.79 Å². The Hall–Kier alpha value is -3.32. The Labute approximate surface area is 179 Å². The molecule has 0 radical (unpaired) electrons. The molecule has 2 N–H and O–H groups in total. The highest BCUT2D eigenvalue weighted by molar-refractivity contribution is 8.00. The highest BCUT2D eigenvalue weighted by Gasteiger charge is 2.25. The van der Waals surface area contributed by atoms with Crippen molar-refractivity contribution in [3.8, 4) is 12.0 Å². The number of nitriles is 1. The summed E-state index contributed by atoms with van der Waals surface area (Å²) in [5.74, 6) is 6.44. The van der Waals surface area contributed by atoms with Crippen molar-refractivity contribution >= 4 is 23.4 Å².